The molecule has 52 heavy (non-hydrogen) atoms. The van der Waals surface area contributed by atoms with E-state index in [4.69, 9.17) is 9.47 Å². The summed E-state index contributed by atoms with van der Waals surface area (Å²) < 4.78 is 14.3. The fraction of sp³-hybridized carbons (Fsp3) is 0.152. The summed E-state index contributed by atoms with van der Waals surface area (Å²) in [5.41, 5.74) is 4.00. The molecule has 0 radical (unpaired) electrons. The zero-order valence-corrected chi connectivity index (χ0v) is 31.2. The zero-order valence-electron chi connectivity index (χ0n) is 30.2. The van der Waals surface area contributed by atoms with Gasteiger partial charge in [0.1, 0.15) is 11.5 Å². The van der Waals surface area contributed by atoms with Gasteiger partial charge in [0.05, 0.1) is 19.5 Å². The molecule has 0 saturated heterocycles. The molecule has 1 heterocycles. The van der Waals surface area contributed by atoms with Crippen LogP contribution in [0.4, 0.5) is 0 Å². The van der Waals surface area contributed by atoms with E-state index >= 15 is 0 Å². The molecule has 0 bridgehead atoms. The Morgan fingerprint density at radius 2 is 0.942 bits per heavy atom. The number of rotatable bonds is 14. The van der Waals surface area contributed by atoms with E-state index in [0.717, 1.165) is 30.5 Å². The van der Waals surface area contributed by atoms with E-state index in [2.05, 4.69) is 199 Å². The molecule has 0 spiro atoms. The first kappa shape index (κ1) is 36.2. The van der Waals surface area contributed by atoms with Gasteiger partial charge in [0, 0.05) is 18.6 Å². The van der Waals surface area contributed by atoms with Crippen molar-refractivity contribution in [3.8, 4) is 11.5 Å². The lowest BCUT2D eigenvalue weighted by atomic mass is 9.37. The van der Waals surface area contributed by atoms with Crippen LogP contribution < -0.4 is 41.4 Å². The summed E-state index contributed by atoms with van der Waals surface area (Å²) in [7, 11) is -2.51. The largest absolute Gasteiger partial charge is 0.494 e. The van der Waals surface area contributed by atoms with Gasteiger partial charge in [0.2, 0.25) is 6.71 Å². The highest BCUT2D eigenvalue weighted by Crippen LogP contribution is 2.18. The molecule has 0 N–H and O–H groups in total. The van der Waals surface area contributed by atoms with Crippen LogP contribution in [0.15, 0.2) is 189 Å². The van der Waals surface area contributed by atoms with Crippen molar-refractivity contribution < 1.29 is 9.47 Å². The molecular weight excluding hydrogens is 651 g/mol. The summed E-state index contributed by atoms with van der Waals surface area (Å²) in [6.45, 7) is 6.00. The van der Waals surface area contributed by atoms with Crippen LogP contribution in [0.3, 0.4) is 0 Å². The van der Waals surface area contributed by atoms with E-state index in [9.17, 15) is 0 Å². The topological polar surface area (TPSA) is 36.3 Å². The number of nitrogens with zero attached hydrogens (tertiary/aromatic N) is 2. The normalized spacial score (nSPS) is 10.9. The van der Waals surface area contributed by atoms with Crippen molar-refractivity contribution in [3.63, 3.8) is 0 Å². The van der Waals surface area contributed by atoms with Crippen molar-refractivity contribution >= 4 is 46.7 Å². The van der Waals surface area contributed by atoms with Gasteiger partial charge in [-0.2, -0.15) is 0 Å². The maximum atomic E-state index is 6.05. The smallest absolute Gasteiger partial charge is 0.241 e. The van der Waals surface area contributed by atoms with Crippen LogP contribution in [0.1, 0.15) is 26.7 Å². The molecule has 0 aliphatic carbocycles. The Labute approximate surface area is 310 Å². The minimum Gasteiger partial charge on any atom is -0.494 e. The maximum absolute atomic E-state index is 6.05. The van der Waals surface area contributed by atoms with Crippen molar-refractivity contribution in [1.82, 2.24) is 9.55 Å². The number of ether oxygens (including phenoxy) is 2. The number of aromatic nitrogens is 2. The standard InChI is InChI=1S/C28H32N2O2Si.C18H15B/c1-3-18-31-24-10-8-14-27(20-24)33(23-30-17-16-29-22-30,26-12-6-5-7-13-26)28-15-9-11-25(21-28)32-19-4-2;1-4-10-16(11-5-1)19(17-12-6-2-7-13-17)18-14-8-3-9-15-18/h5-17,20-22H,3-4,18-19,23H2,1-2H3;1-15H. The van der Waals surface area contributed by atoms with E-state index in [1.807, 2.05) is 12.5 Å². The lowest BCUT2D eigenvalue weighted by Gasteiger charge is -2.34. The summed E-state index contributed by atoms with van der Waals surface area (Å²) in [5, 5.41) is 3.96. The highest BCUT2D eigenvalue weighted by molar-refractivity contribution is 7.10. The van der Waals surface area contributed by atoms with Crippen LogP contribution in [0.25, 0.3) is 0 Å². The van der Waals surface area contributed by atoms with Gasteiger partial charge in [-0.05, 0) is 52.7 Å². The second-order valence-corrected chi connectivity index (χ2v) is 16.8. The maximum Gasteiger partial charge on any atom is 0.241 e. The molecular formula is C46H47BN2O2Si. The van der Waals surface area contributed by atoms with Gasteiger partial charge >= 0.3 is 0 Å². The first-order valence-electron chi connectivity index (χ1n) is 18.3. The summed E-state index contributed by atoms with van der Waals surface area (Å²) in [5.74, 6) is 1.84. The molecule has 7 rings (SSSR count). The molecule has 260 valence electrons. The van der Waals surface area contributed by atoms with Crippen LogP contribution in [-0.2, 0) is 6.17 Å². The second-order valence-electron chi connectivity index (χ2n) is 12.9. The third-order valence-corrected chi connectivity index (χ3v) is 14.0. The average Bonchev–Trinajstić information content (AvgIpc) is 3.74. The molecule has 0 fully saturated rings. The molecule has 0 aliphatic heterocycles. The van der Waals surface area contributed by atoms with Gasteiger partial charge in [0.25, 0.3) is 0 Å². The van der Waals surface area contributed by atoms with Crippen LogP contribution in [-0.4, -0.2) is 37.6 Å². The fourth-order valence-corrected chi connectivity index (χ4v) is 11.4. The molecule has 0 saturated carbocycles. The van der Waals surface area contributed by atoms with E-state index in [-0.39, 0.29) is 0 Å². The lowest BCUT2D eigenvalue weighted by Crippen LogP contribution is -2.69. The van der Waals surface area contributed by atoms with Crippen LogP contribution in [0, 0.1) is 0 Å². The van der Waals surface area contributed by atoms with E-state index in [1.165, 1.54) is 31.9 Å². The Morgan fingerprint density at radius 1 is 0.519 bits per heavy atom. The molecule has 1 aromatic heterocycles. The van der Waals surface area contributed by atoms with Crippen LogP contribution in [0.5, 0.6) is 11.5 Å². The molecule has 0 unspecified atom stereocenters. The Bertz CT molecular complexity index is 1900. The summed E-state index contributed by atoms with van der Waals surface area (Å²) in [6, 6.07) is 60.3. The van der Waals surface area contributed by atoms with Gasteiger partial charge in [0.15, 0.2) is 8.07 Å². The van der Waals surface area contributed by atoms with E-state index in [1.54, 1.807) is 0 Å². The van der Waals surface area contributed by atoms with Crippen molar-refractivity contribution in [2.24, 2.45) is 0 Å². The molecule has 6 aromatic carbocycles. The Kier molecular flexibility index (Phi) is 12.9. The Balaban J connectivity index is 0.000000206. The van der Waals surface area contributed by atoms with Crippen LogP contribution in [0.2, 0.25) is 0 Å². The van der Waals surface area contributed by atoms with Crippen molar-refractivity contribution in [3.05, 3.63) is 189 Å². The minimum atomic E-state index is -2.51. The first-order valence-corrected chi connectivity index (χ1v) is 20.5. The third-order valence-electron chi connectivity index (χ3n) is 9.24. The molecule has 7 aromatic rings. The predicted molar refractivity (Wildman–Crippen MR) is 222 cm³/mol. The number of benzene rings is 6. The van der Waals surface area contributed by atoms with Gasteiger partial charge in [-0.3, -0.25) is 0 Å². The SMILES string of the molecule is CCCOc1cccc([Si](Cn2ccnc2)(c2ccccc2)c2cccc(OCCC)c2)c1.c1ccc(B(c2ccccc2)c2ccccc2)cc1. The lowest BCUT2D eigenvalue weighted by molar-refractivity contribution is 0.317. The number of hydrogen-bond acceptors (Lipinski definition) is 3. The van der Waals surface area contributed by atoms with Crippen molar-refractivity contribution in [1.29, 1.82) is 0 Å². The quantitative estimate of drug-likeness (QED) is 0.0979. The van der Waals surface area contributed by atoms with Crippen LogP contribution >= 0.6 is 0 Å². The first-order chi connectivity index (χ1) is 25.7. The average molecular weight is 699 g/mol. The molecule has 6 heteroatoms. The predicted octanol–water partition coefficient (Wildman–Crippen LogP) is 6.37. The van der Waals surface area contributed by atoms with Gasteiger partial charge < -0.3 is 14.0 Å². The molecule has 0 atom stereocenters. The summed E-state index contributed by atoms with van der Waals surface area (Å²) in [6.07, 6.45) is 8.63. The second kappa shape index (κ2) is 18.6. The summed E-state index contributed by atoms with van der Waals surface area (Å²) in [4.78, 5) is 4.34. The minimum absolute atomic E-state index is 0.309. The molecule has 0 aliphatic rings. The molecule has 4 nitrogen and oxygen atoms in total. The van der Waals surface area contributed by atoms with Crippen molar-refractivity contribution in [2.45, 2.75) is 32.9 Å². The highest BCUT2D eigenvalue weighted by Gasteiger charge is 2.40. The highest BCUT2D eigenvalue weighted by atomic mass is 28.3. The van der Waals surface area contributed by atoms with Gasteiger partial charge in [-0.1, -0.05) is 176 Å². The third kappa shape index (κ3) is 9.00. The molecule has 0 amide bonds. The fourth-order valence-electron chi connectivity index (χ4n) is 6.81. The number of hydrogen-bond donors (Lipinski definition) is 0. The zero-order chi connectivity index (χ0) is 35.9. The van der Waals surface area contributed by atoms with E-state index in [0.29, 0.717) is 19.9 Å². The number of imidazole rings is 1. The van der Waals surface area contributed by atoms with E-state index < -0.39 is 8.07 Å². The monoisotopic (exact) mass is 698 g/mol. The van der Waals surface area contributed by atoms with Gasteiger partial charge in [-0.25, -0.2) is 4.98 Å². The van der Waals surface area contributed by atoms with Gasteiger partial charge in [-0.15, -0.1) is 0 Å². The summed E-state index contributed by atoms with van der Waals surface area (Å²) >= 11 is 0. The Hall–Kier alpha value is -5.59. The van der Waals surface area contributed by atoms with Crippen molar-refractivity contribution in [2.75, 3.05) is 13.2 Å². The Morgan fingerprint density at radius 3 is 1.35 bits per heavy atom.